The molecular formula is C9H20N2O2. The van der Waals surface area contributed by atoms with Gasteiger partial charge in [-0.3, -0.25) is 0 Å². The van der Waals surface area contributed by atoms with Crippen LogP contribution < -0.4 is 11.1 Å². The van der Waals surface area contributed by atoms with Crippen LogP contribution in [-0.2, 0) is 4.74 Å². The standard InChI is InChI=1S/C9H20N2O2/c1-3-5-8(4-2)11-6-7-13-9(10)12/h8,11H,3-7H2,1-2H3,(H2,10,12). The molecule has 1 unspecified atom stereocenters. The third-order valence-electron chi connectivity index (χ3n) is 1.91. The maximum Gasteiger partial charge on any atom is 0.404 e. The van der Waals surface area contributed by atoms with E-state index in [1.54, 1.807) is 0 Å². The summed E-state index contributed by atoms with van der Waals surface area (Å²) in [5, 5.41) is 3.29. The Balaban J connectivity index is 3.32. The van der Waals surface area contributed by atoms with Crippen molar-refractivity contribution in [3.8, 4) is 0 Å². The van der Waals surface area contributed by atoms with Crippen LogP contribution in [-0.4, -0.2) is 25.3 Å². The minimum atomic E-state index is -0.703. The molecule has 1 amide bonds. The predicted octanol–water partition coefficient (Wildman–Crippen LogP) is 1.25. The Morgan fingerprint density at radius 1 is 1.54 bits per heavy atom. The molecule has 4 heteroatoms. The number of hydrogen-bond donors (Lipinski definition) is 2. The lowest BCUT2D eigenvalue weighted by atomic mass is 10.1. The van der Waals surface area contributed by atoms with Crippen molar-refractivity contribution in [2.75, 3.05) is 13.2 Å². The summed E-state index contributed by atoms with van der Waals surface area (Å²) in [5.41, 5.74) is 4.81. The van der Waals surface area contributed by atoms with E-state index in [0.29, 0.717) is 19.2 Å². The van der Waals surface area contributed by atoms with Gasteiger partial charge in [0.05, 0.1) is 0 Å². The van der Waals surface area contributed by atoms with Crippen molar-refractivity contribution >= 4 is 6.09 Å². The van der Waals surface area contributed by atoms with Crippen molar-refractivity contribution in [1.82, 2.24) is 5.32 Å². The SMILES string of the molecule is CCCC(CC)NCCOC(N)=O. The van der Waals surface area contributed by atoms with Crippen LogP contribution in [0.3, 0.4) is 0 Å². The van der Waals surface area contributed by atoms with Gasteiger partial charge in [-0.05, 0) is 12.8 Å². The molecule has 0 bridgehead atoms. The van der Waals surface area contributed by atoms with E-state index in [1.165, 1.54) is 6.42 Å². The van der Waals surface area contributed by atoms with Crippen molar-refractivity contribution in [1.29, 1.82) is 0 Å². The molecule has 3 N–H and O–H groups in total. The second-order valence-electron chi connectivity index (χ2n) is 3.02. The lowest BCUT2D eigenvalue weighted by Gasteiger charge is -2.15. The molecule has 0 fully saturated rings. The van der Waals surface area contributed by atoms with Crippen LogP contribution in [0, 0.1) is 0 Å². The molecule has 13 heavy (non-hydrogen) atoms. The summed E-state index contributed by atoms with van der Waals surface area (Å²) < 4.78 is 4.59. The number of primary amides is 1. The van der Waals surface area contributed by atoms with Crippen molar-refractivity contribution in [3.05, 3.63) is 0 Å². The molecule has 1 atom stereocenters. The van der Waals surface area contributed by atoms with Gasteiger partial charge in [0.25, 0.3) is 0 Å². The zero-order chi connectivity index (χ0) is 10.1. The zero-order valence-corrected chi connectivity index (χ0v) is 8.51. The van der Waals surface area contributed by atoms with Gasteiger partial charge in [0.2, 0.25) is 0 Å². The third-order valence-corrected chi connectivity index (χ3v) is 1.91. The van der Waals surface area contributed by atoms with Crippen molar-refractivity contribution in [2.24, 2.45) is 5.73 Å². The van der Waals surface area contributed by atoms with E-state index in [-0.39, 0.29) is 0 Å². The highest BCUT2D eigenvalue weighted by molar-refractivity contribution is 5.64. The van der Waals surface area contributed by atoms with E-state index in [0.717, 1.165) is 12.8 Å². The summed E-state index contributed by atoms with van der Waals surface area (Å²) in [7, 11) is 0. The first-order valence-corrected chi connectivity index (χ1v) is 4.86. The van der Waals surface area contributed by atoms with Crippen molar-refractivity contribution in [2.45, 2.75) is 39.2 Å². The molecule has 0 aromatic heterocycles. The largest absolute Gasteiger partial charge is 0.448 e. The summed E-state index contributed by atoms with van der Waals surface area (Å²) in [5.74, 6) is 0. The number of rotatable bonds is 7. The molecule has 0 saturated heterocycles. The number of nitrogens with two attached hydrogens (primary N) is 1. The lowest BCUT2D eigenvalue weighted by Crippen LogP contribution is -2.32. The second-order valence-corrected chi connectivity index (χ2v) is 3.02. The molecule has 0 aromatic rings. The van der Waals surface area contributed by atoms with Gasteiger partial charge >= 0.3 is 6.09 Å². The maximum atomic E-state index is 10.2. The normalized spacial score (nSPS) is 12.5. The van der Waals surface area contributed by atoms with Gasteiger partial charge in [-0.25, -0.2) is 4.79 Å². The molecule has 0 heterocycles. The average molecular weight is 188 g/mol. The van der Waals surface area contributed by atoms with Gasteiger partial charge in [0.15, 0.2) is 0 Å². The van der Waals surface area contributed by atoms with Gasteiger partial charge in [-0.15, -0.1) is 0 Å². The number of carbonyl (C=O) groups excluding carboxylic acids is 1. The molecule has 0 rings (SSSR count). The van der Waals surface area contributed by atoms with E-state index in [9.17, 15) is 4.79 Å². The van der Waals surface area contributed by atoms with E-state index >= 15 is 0 Å². The summed E-state index contributed by atoms with van der Waals surface area (Å²) >= 11 is 0. The number of ether oxygens (including phenoxy) is 1. The van der Waals surface area contributed by atoms with Crippen LogP contribution >= 0.6 is 0 Å². The fraction of sp³-hybridized carbons (Fsp3) is 0.889. The molecule has 4 nitrogen and oxygen atoms in total. The molecule has 0 spiro atoms. The van der Waals surface area contributed by atoms with Crippen LogP contribution in [0.25, 0.3) is 0 Å². The molecular weight excluding hydrogens is 168 g/mol. The highest BCUT2D eigenvalue weighted by Crippen LogP contribution is 1.99. The van der Waals surface area contributed by atoms with Crippen LogP contribution in [0.2, 0.25) is 0 Å². The van der Waals surface area contributed by atoms with Gasteiger partial charge < -0.3 is 15.8 Å². The minimum absolute atomic E-state index is 0.357. The van der Waals surface area contributed by atoms with Crippen LogP contribution in [0.1, 0.15) is 33.1 Å². The lowest BCUT2D eigenvalue weighted by molar-refractivity contribution is 0.155. The van der Waals surface area contributed by atoms with Crippen LogP contribution in [0.15, 0.2) is 0 Å². The zero-order valence-electron chi connectivity index (χ0n) is 8.51. The van der Waals surface area contributed by atoms with Gasteiger partial charge in [-0.1, -0.05) is 20.3 Å². The van der Waals surface area contributed by atoms with Crippen molar-refractivity contribution in [3.63, 3.8) is 0 Å². The smallest absolute Gasteiger partial charge is 0.404 e. The Hall–Kier alpha value is -0.770. The Labute approximate surface area is 79.8 Å². The quantitative estimate of drug-likeness (QED) is 0.591. The number of amides is 1. The molecule has 0 aliphatic rings. The molecule has 0 aliphatic heterocycles. The van der Waals surface area contributed by atoms with Gasteiger partial charge in [0.1, 0.15) is 6.61 Å². The predicted molar refractivity (Wildman–Crippen MR) is 52.5 cm³/mol. The first-order chi connectivity index (χ1) is 6.20. The first-order valence-electron chi connectivity index (χ1n) is 4.86. The highest BCUT2D eigenvalue weighted by atomic mass is 16.5. The molecule has 0 radical (unpaired) electrons. The number of hydrogen-bond acceptors (Lipinski definition) is 3. The third kappa shape index (κ3) is 7.59. The van der Waals surface area contributed by atoms with E-state index < -0.39 is 6.09 Å². The van der Waals surface area contributed by atoms with Crippen LogP contribution in [0.5, 0.6) is 0 Å². The fourth-order valence-corrected chi connectivity index (χ4v) is 1.21. The van der Waals surface area contributed by atoms with E-state index in [1.807, 2.05) is 0 Å². The Kier molecular flexibility index (Phi) is 7.39. The van der Waals surface area contributed by atoms with E-state index in [2.05, 4.69) is 23.9 Å². The molecule has 78 valence electrons. The summed E-state index contributed by atoms with van der Waals surface area (Å²) in [6, 6.07) is 0.529. The topological polar surface area (TPSA) is 64.3 Å². The summed E-state index contributed by atoms with van der Waals surface area (Å²) in [6.07, 6.45) is 2.73. The Morgan fingerprint density at radius 2 is 2.23 bits per heavy atom. The summed E-state index contributed by atoms with van der Waals surface area (Å²) in [6.45, 7) is 5.34. The Morgan fingerprint density at radius 3 is 2.69 bits per heavy atom. The Bertz CT molecular complexity index is 140. The van der Waals surface area contributed by atoms with Crippen LogP contribution in [0.4, 0.5) is 4.79 Å². The number of carbonyl (C=O) groups is 1. The monoisotopic (exact) mass is 188 g/mol. The van der Waals surface area contributed by atoms with Gasteiger partial charge in [0, 0.05) is 12.6 Å². The number of nitrogens with one attached hydrogen (secondary N) is 1. The second kappa shape index (κ2) is 7.86. The molecule has 0 saturated carbocycles. The highest BCUT2D eigenvalue weighted by Gasteiger charge is 2.03. The molecule has 0 aliphatic carbocycles. The average Bonchev–Trinajstić information content (AvgIpc) is 2.10. The maximum absolute atomic E-state index is 10.2. The first kappa shape index (κ1) is 12.2. The van der Waals surface area contributed by atoms with Crippen molar-refractivity contribution < 1.29 is 9.53 Å². The summed E-state index contributed by atoms with van der Waals surface area (Å²) in [4.78, 5) is 10.2. The fourth-order valence-electron chi connectivity index (χ4n) is 1.21. The molecule has 0 aromatic carbocycles. The van der Waals surface area contributed by atoms with Gasteiger partial charge in [-0.2, -0.15) is 0 Å². The van der Waals surface area contributed by atoms with E-state index in [4.69, 9.17) is 5.73 Å². The minimum Gasteiger partial charge on any atom is -0.448 e.